The molecule has 20 heavy (non-hydrogen) atoms. The van der Waals surface area contributed by atoms with Crippen LogP contribution in [0.15, 0.2) is 12.1 Å². The Morgan fingerprint density at radius 1 is 1.30 bits per heavy atom. The van der Waals surface area contributed by atoms with Gasteiger partial charge in [0.2, 0.25) is 0 Å². The first-order valence-electron chi connectivity index (χ1n) is 7.54. The van der Waals surface area contributed by atoms with Crippen LogP contribution in [0.2, 0.25) is 0 Å². The molecule has 1 aliphatic rings. The molecule has 1 fully saturated rings. The highest BCUT2D eigenvalue weighted by molar-refractivity contribution is 5.43. The topological polar surface area (TPSA) is 39.6 Å². The Hall–Kier alpha value is -1.13. The van der Waals surface area contributed by atoms with Crippen molar-refractivity contribution >= 4 is 5.82 Å². The van der Waals surface area contributed by atoms with Crippen LogP contribution < -0.4 is 4.90 Å². The maximum Gasteiger partial charge on any atom is 0.129 e. The number of nitrogens with zero attached hydrogens (tertiary/aromatic N) is 3. The molecule has 0 unspecified atom stereocenters. The lowest BCUT2D eigenvalue weighted by atomic mass is 10.0. The summed E-state index contributed by atoms with van der Waals surface area (Å²) in [5.74, 6) is 1.41. The van der Waals surface area contributed by atoms with Crippen LogP contribution in [0.5, 0.6) is 0 Å². The summed E-state index contributed by atoms with van der Waals surface area (Å²) in [6, 6.07) is 4.72. The second-order valence-corrected chi connectivity index (χ2v) is 6.25. The predicted octanol–water partition coefficient (Wildman–Crippen LogP) is 2.23. The molecule has 1 saturated heterocycles. The molecule has 0 radical (unpaired) electrons. The van der Waals surface area contributed by atoms with Crippen molar-refractivity contribution in [2.24, 2.45) is 0 Å². The van der Waals surface area contributed by atoms with Crippen molar-refractivity contribution in [1.82, 2.24) is 9.88 Å². The summed E-state index contributed by atoms with van der Waals surface area (Å²) < 4.78 is 0. The minimum atomic E-state index is 0.0867. The molecule has 0 spiro atoms. The zero-order chi connectivity index (χ0) is 14.7. The number of aliphatic hydroxyl groups excluding tert-OH is 1. The van der Waals surface area contributed by atoms with E-state index < -0.39 is 0 Å². The Bertz CT molecular complexity index is 437. The second kappa shape index (κ2) is 6.55. The SMILES string of the molecule is CC(C)c1cc(CO)cc(N2CCC(N(C)C)CC2)n1. The second-order valence-electron chi connectivity index (χ2n) is 6.25. The van der Waals surface area contributed by atoms with Crippen molar-refractivity contribution in [1.29, 1.82) is 0 Å². The molecule has 2 rings (SSSR count). The summed E-state index contributed by atoms with van der Waals surface area (Å²) >= 11 is 0. The predicted molar refractivity (Wildman–Crippen MR) is 83.2 cm³/mol. The third-order valence-electron chi connectivity index (χ3n) is 4.18. The lowest BCUT2D eigenvalue weighted by molar-refractivity contribution is 0.249. The van der Waals surface area contributed by atoms with Crippen molar-refractivity contribution < 1.29 is 5.11 Å². The molecule has 0 saturated carbocycles. The van der Waals surface area contributed by atoms with Crippen molar-refractivity contribution in [2.75, 3.05) is 32.1 Å². The lowest BCUT2D eigenvalue weighted by Gasteiger charge is -2.36. The Balaban J connectivity index is 2.15. The molecule has 4 nitrogen and oxygen atoms in total. The van der Waals surface area contributed by atoms with Gasteiger partial charge in [-0.25, -0.2) is 4.98 Å². The number of rotatable bonds is 4. The fraction of sp³-hybridized carbons (Fsp3) is 0.688. The average Bonchev–Trinajstić information content (AvgIpc) is 2.46. The molecule has 1 N–H and O–H groups in total. The minimum absolute atomic E-state index is 0.0867. The number of pyridine rings is 1. The van der Waals surface area contributed by atoms with Crippen LogP contribution in [0.3, 0.4) is 0 Å². The zero-order valence-corrected chi connectivity index (χ0v) is 13.1. The van der Waals surface area contributed by atoms with E-state index in [1.54, 1.807) is 0 Å². The number of hydrogen-bond donors (Lipinski definition) is 1. The summed E-state index contributed by atoms with van der Waals surface area (Å²) in [4.78, 5) is 9.44. The number of hydrogen-bond acceptors (Lipinski definition) is 4. The molecule has 1 aromatic rings. The molecule has 112 valence electrons. The molecule has 0 atom stereocenters. The normalized spacial score (nSPS) is 17.2. The van der Waals surface area contributed by atoms with E-state index in [2.05, 4.69) is 37.7 Å². The maximum absolute atomic E-state index is 9.43. The Morgan fingerprint density at radius 3 is 2.45 bits per heavy atom. The van der Waals surface area contributed by atoms with Crippen LogP contribution in [-0.2, 0) is 6.61 Å². The quantitative estimate of drug-likeness (QED) is 0.916. The maximum atomic E-state index is 9.43. The molecular weight excluding hydrogens is 250 g/mol. The summed E-state index contributed by atoms with van der Waals surface area (Å²) in [5.41, 5.74) is 2.04. The number of aromatic nitrogens is 1. The summed E-state index contributed by atoms with van der Waals surface area (Å²) in [7, 11) is 4.31. The van der Waals surface area contributed by atoms with Gasteiger partial charge in [0.25, 0.3) is 0 Å². The van der Waals surface area contributed by atoms with Gasteiger partial charge >= 0.3 is 0 Å². The van der Waals surface area contributed by atoms with Crippen LogP contribution in [0.25, 0.3) is 0 Å². The molecule has 4 heteroatoms. The highest BCUT2D eigenvalue weighted by atomic mass is 16.3. The third-order valence-corrected chi connectivity index (χ3v) is 4.18. The molecule has 1 aromatic heterocycles. The van der Waals surface area contributed by atoms with Crippen molar-refractivity contribution in [2.45, 2.75) is 45.3 Å². The van der Waals surface area contributed by atoms with Gasteiger partial charge in [-0.2, -0.15) is 0 Å². The van der Waals surface area contributed by atoms with Crippen molar-refractivity contribution in [3.05, 3.63) is 23.4 Å². The van der Waals surface area contributed by atoms with Gasteiger partial charge < -0.3 is 14.9 Å². The Labute approximate surface area is 122 Å². The average molecular weight is 277 g/mol. The summed E-state index contributed by atoms with van der Waals surface area (Å²) in [6.45, 7) is 6.46. The van der Waals surface area contributed by atoms with Gasteiger partial charge in [-0.1, -0.05) is 13.8 Å². The van der Waals surface area contributed by atoms with Gasteiger partial charge in [-0.15, -0.1) is 0 Å². The van der Waals surface area contributed by atoms with Crippen molar-refractivity contribution in [3.8, 4) is 0 Å². The standard InChI is InChI=1S/C16H27N3O/c1-12(2)15-9-13(11-20)10-16(17-15)19-7-5-14(6-8-19)18(3)4/h9-10,12,14,20H,5-8,11H2,1-4H3. The van der Waals surface area contributed by atoms with Crippen LogP contribution in [0, 0.1) is 0 Å². The Kier molecular flexibility index (Phi) is 5.00. The molecule has 1 aliphatic heterocycles. The van der Waals surface area contributed by atoms with Crippen molar-refractivity contribution in [3.63, 3.8) is 0 Å². The summed E-state index contributed by atoms with van der Waals surface area (Å²) in [5, 5.41) is 9.43. The fourth-order valence-corrected chi connectivity index (χ4v) is 2.75. The van der Waals surface area contributed by atoms with E-state index in [9.17, 15) is 5.11 Å². The van der Waals surface area contributed by atoms with E-state index in [1.807, 2.05) is 12.1 Å². The monoisotopic (exact) mass is 277 g/mol. The smallest absolute Gasteiger partial charge is 0.129 e. The fourth-order valence-electron chi connectivity index (χ4n) is 2.75. The first-order chi connectivity index (χ1) is 9.51. The minimum Gasteiger partial charge on any atom is -0.392 e. The molecule has 0 aliphatic carbocycles. The van der Waals surface area contributed by atoms with E-state index in [1.165, 1.54) is 12.8 Å². The molecule has 0 amide bonds. The van der Waals surface area contributed by atoms with E-state index >= 15 is 0 Å². The first-order valence-corrected chi connectivity index (χ1v) is 7.54. The number of aliphatic hydroxyl groups is 1. The molecule has 0 bridgehead atoms. The van der Waals surface area contributed by atoms with Gasteiger partial charge in [-0.05, 0) is 50.6 Å². The molecule has 0 aromatic carbocycles. The van der Waals surface area contributed by atoms with Crippen LogP contribution in [0.4, 0.5) is 5.82 Å². The lowest BCUT2D eigenvalue weighted by Crippen LogP contribution is -2.42. The number of anilines is 1. The zero-order valence-electron chi connectivity index (χ0n) is 13.1. The van der Waals surface area contributed by atoms with Gasteiger partial charge in [-0.3, -0.25) is 0 Å². The van der Waals surface area contributed by atoms with E-state index in [0.717, 1.165) is 30.2 Å². The van der Waals surface area contributed by atoms with Gasteiger partial charge in [0, 0.05) is 24.8 Å². The molecular formula is C16H27N3O. The van der Waals surface area contributed by atoms with Crippen LogP contribution in [-0.4, -0.2) is 48.2 Å². The highest BCUT2D eigenvalue weighted by Crippen LogP contribution is 2.24. The van der Waals surface area contributed by atoms with Gasteiger partial charge in [0.05, 0.1) is 6.61 Å². The van der Waals surface area contributed by atoms with E-state index in [4.69, 9.17) is 4.98 Å². The largest absolute Gasteiger partial charge is 0.392 e. The number of piperidine rings is 1. The summed E-state index contributed by atoms with van der Waals surface area (Å²) in [6.07, 6.45) is 2.35. The van der Waals surface area contributed by atoms with Gasteiger partial charge in [0.15, 0.2) is 0 Å². The van der Waals surface area contributed by atoms with Crippen LogP contribution >= 0.6 is 0 Å². The highest BCUT2D eigenvalue weighted by Gasteiger charge is 2.22. The van der Waals surface area contributed by atoms with E-state index in [-0.39, 0.29) is 6.61 Å². The first kappa shape index (κ1) is 15.3. The van der Waals surface area contributed by atoms with Crippen LogP contribution in [0.1, 0.15) is 43.9 Å². The van der Waals surface area contributed by atoms with E-state index in [0.29, 0.717) is 12.0 Å². The van der Waals surface area contributed by atoms with Gasteiger partial charge in [0.1, 0.15) is 5.82 Å². The third kappa shape index (κ3) is 3.49. The Morgan fingerprint density at radius 2 is 1.95 bits per heavy atom. The molecule has 2 heterocycles.